The third-order valence-electron chi connectivity index (χ3n) is 3.03. The first-order valence-electron chi connectivity index (χ1n) is 5.33. The topological polar surface area (TPSA) is 55.1 Å². The first-order valence-corrected chi connectivity index (χ1v) is 5.74. The van der Waals surface area contributed by atoms with Crippen molar-refractivity contribution in [2.75, 3.05) is 5.32 Å². The molecule has 0 heterocycles. The Morgan fingerprint density at radius 3 is 2.71 bits per heavy atom. The van der Waals surface area contributed by atoms with Crippen LogP contribution in [0.1, 0.15) is 18.4 Å². The number of amides is 1. The molecule has 0 spiro atoms. The standard InChI is InChI=1S/C12H13FN2OS/c1-7-2-3-8(13)9(6-7)15-11(16)12(4-5-12)10(14)17/h2-3,6H,4-5H2,1H3,(H2,14,17)(H,15,16). The number of rotatable bonds is 3. The molecule has 0 atom stereocenters. The molecular formula is C12H13FN2OS. The minimum atomic E-state index is -0.758. The molecular weight excluding hydrogens is 239 g/mol. The number of aryl methyl sites for hydroxylation is 1. The number of halogens is 1. The molecule has 5 heteroatoms. The van der Waals surface area contributed by atoms with Gasteiger partial charge < -0.3 is 11.1 Å². The lowest BCUT2D eigenvalue weighted by Crippen LogP contribution is -2.35. The van der Waals surface area contributed by atoms with E-state index in [1.54, 1.807) is 12.1 Å². The van der Waals surface area contributed by atoms with Gasteiger partial charge in [0.05, 0.1) is 16.1 Å². The van der Waals surface area contributed by atoms with Crippen LogP contribution in [0.15, 0.2) is 18.2 Å². The minimum absolute atomic E-state index is 0.178. The van der Waals surface area contributed by atoms with Crippen LogP contribution in [0, 0.1) is 18.2 Å². The number of carbonyl (C=O) groups excluding carboxylic acids is 1. The number of anilines is 1. The summed E-state index contributed by atoms with van der Waals surface area (Å²) in [6, 6.07) is 4.56. The number of benzene rings is 1. The molecule has 90 valence electrons. The van der Waals surface area contributed by atoms with Crippen LogP contribution in [0.3, 0.4) is 0 Å². The minimum Gasteiger partial charge on any atom is -0.392 e. The van der Waals surface area contributed by atoms with E-state index in [2.05, 4.69) is 5.32 Å². The molecule has 0 bridgehead atoms. The summed E-state index contributed by atoms with van der Waals surface area (Å²) in [5.41, 5.74) is 5.83. The molecule has 3 N–H and O–H groups in total. The molecule has 3 nitrogen and oxygen atoms in total. The number of hydrogen-bond donors (Lipinski definition) is 2. The zero-order chi connectivity index (χ0) is 12.6. The zero-order valence-corrected chi connectivity index (χ0v) is 10.2. The molecule has 1 aromatic carbocycles. The maximum Gasteiger partial charge on any atom is 0.237 e. The van der Waals surface area contributed by atoms with E-state index in [1.807, 2.05) is 6.92 Å². The van der Waals surface area contributed by atoms with Crippen LogP contribution in [0.5, 0.6) is 0 Å². The van der Waals surface area contributed by atoms with Crippen LogP contribution in [0.2, 0.25) is 0 Å². The van der Waals surface area contributed by atoms with Gasteiger partial charge in [0.1, 0.15) is 5.82 Å². The van der Waals surface area contributed by atoms with Gasteiger partial charge in [0, 0.05) is 0 Å². The Kier molecular flexibility index (Phi) is 2.87. The molecule has 2 rings (SSSR count). The monoisotopic (exact) mass is 252 g/mol. The van der Waals surface area contributed by atoms with Crippen LogP contribution in [-0.4, -0.2) is 10.9 Å². The lowest BCUT2D eigenvalue weighted by atomic mass is 10.1. The number of hydrogen-bond acceptors (Lipinski definition) is 2. The molecule has 17 heavy (non-hydrogen) atoms. The summed E-state index contributed by atoms with van der Waals surface area (Å²) in [6.07, 6.45) is 1.28. The molecule has 1 aromatic rings. The second-order valence-electron chi connectivity index (χ2n) is 4.38. The summed E-state index contributed by atoms with van der Waals surface area (Å²) >= 11 is 4.87. The van der Waals surface area contributed by atoms with Crippen molar-refractivity contribution in [1.29, 1.82) is 0 Å². The Hall–Kier alpha value is -1.49. The van der Waals surface area contributed by atoms with Gasteiger partial charge in [-0.05, 0) is 37.5 Å². The third kappa shape index (κ3) is 2.15. The molecule has 0 unspecified atom stereocenters. The van der Waals surface area contributed by atoms with Gasteiger partial charge in [0.25, 0.3) is 0 Å². The Bertz CT molecular complexity index is 497. The number of nitrogens with one attached hydrogen (secondary N) is 1. The molecule has 1 saturated carbocycles. The maximum atomic E-state index is 13.5. The molecule has 0 aliphatic heterocycles. The van der Waals surface area contributed by atoms with Gasteiger partial charge in [-0.25, -0.2) is 4.39 Å². The van der Waals surface area contributed by atoms with Gasteiger partial charge in [0.15, 0.2) is 0 Å². The fraction of sp³-hybridized carbons (Fsp3) is 0.333. The van der Waals surface area contributed by atoms with Gasteiger partial charge in [-0.1, -0.05) is 18.3 Å². The molecule has 0 radical (unpaired) electrons. The molecule has 1 fully saturated rings. The predicted molar refractivity (Wildman–Crippen MR) is 68.2 cm³/mol. The van der Waals surface area contributed by atoms with Crippen LogP contribution < -0.4 is 11.1 Å². The molecule has 0 saturated heterocycles. The Labute approximate surface area is 104 Å². The SMILES string of the molecule is Cc1ccc(F)c(NC(=O)C2(C(N)=S)CC2)c1. The van der Waals surface area contributed by atoms with Crippen molar-refractivity contribution in [3.05, 3.63) is 29.6 Å². The van der Waals surface area contributed by atoms with Gasteiger partial charge >= 0.3 is 0 Å². The molecule has 1 aliphatic carbocycles. The first-order chi connectivity index (χ1) is 7.95. The summed E-state index contributed by atoms with van der Waals surface area (Å²) in [4.78, 5) is 12.1. The fourth-order valence-corrected chi connectivity index (χ4v) is 1.98. The fourth-order valence-electron chi connectivity index (χ4n) is 1.69. The van der Waals surface area contributed by atoms with E-state index in [0.717, 1.165) is 5.56 Å². The highest BCUT2D eigenvalue weighted by Crippen LogP contribution is 2.46. The first kappa shape index (κ1) is 12.0. The normalized spacial score (nSPS) is 16.4. The van der Waals surface area contributed by atoms with Crippen molar-refractivity contribution in [2.45, 2.75) is 19.8 Å². The van der Waals surface area contributed by atoms with Crippen molar-refractivity contribution in [1.82, 2.24) is 0 Å². The van der Waals surface area contributed by atoms with Gasteiger partial charge in [-0.3, -0.25) is 4.79 Å². The molecule has 0 aromatic heterocycles. The van der Waals surface area contributed by atoms with Crippen LogP contribution >= 0.6 is 12.2 Å². The Balaban J connectivity index is 2.19. The largest absolute Gasteiger partial charge is 0.392 e. The second kappa shape index (κ2) is 4.07. The summed E-state index contributed by atoms with van der Waals surface area (Å²) in [5, 5.41) is 2.55. The highest BCUT2D eigenvalue weighted by Gasteiger charge is 2.52. The number of carbonyl (C=O) groups is 1. The van der Waals surface area contributed by atoms with Crippen LogP contribution in [0.25, 0.3) is 0 Å². The summed E-state index contributed by atoms with van der Waals surface area (Å²) in [6.45, 7) is 1.83. The van der Waals surface area contributed by atoms with E-state index in [9.17, 15) is 9.18 Å². The van der Waals surface area contributed by atoms with E-state index < -0.39 is 11.2 Å². The van der Waals surface area contributed by atoms with Crippen LogP contribution in [-0.2, 0) is 4.79 Å². The van der Waals surface area contributed by atoms with Crippen molar-refractivity contribution in [2.24, 2.45) is 11.1 Å². The van der Waals surface area contributed by atoms with E-state index >= 15 is 0 Å². The highest BCUT2D eigenvalue weighted by molar-refractivity contribution is 7.80. The van der Waals surface area contributed by atoms with Crippen molar-refractivity contribution >= 4 is 28.8 Å². The molecule has 1 amide bonds. The molecule has 1 aliphatic rings. The Morgan fingerprint density at radius 2 is 2.18 bits per heavy atom. The Morgan fingerprint density at radius 1 is 1.53 bits per heavy atom. The quantitative estimate of drug-likeness (QED) is 0.810. The van der Waals surface area contributed by atoms with Gasteiger partial charge in [-0.2, -0.15) is 0 Å². The van der Waals surface area contributed by atoms with Crippen molar-refractivity contribution < 1.29 is 9.18 Å². The number of nitrogens with two attached hydrogens (primary N) is 1. The van der Waals surface area contributed by atoms with Crippen LogP contribution in [0.4, 0.5) is 10.1 Å². The van der Waals surface area contributed by atoms with Gasteiger partial charge in [0.2, 0.25) is 5.91 Å². The third-order valence-corrected chi connectivity index (χ3v) is 3.42. The predicted octanol–water partition coefficient (Wildman–Crippen LogP) is 2.14. The average Bonchev–Trinajstić information content (AvgIpc) is 3.04. The maximum absolute atomic E-state index is 13.5. The van der Waals surface area contributed by atoms with E-state index in [-0.39, 0.29) is 16.6 Å². The van der Waals surface area contributed by atoms with E-state index in [4.69, 9.17) is 18.0 Å². The summed E-state index contributed by atoms with van der Waals surface area (Å²) in [5.74, 6) is -0.766. The van der Waals surface area contributed by atoms with Crippen molar-refractivity contribution in [3.8, 4) is 0 Å². The van der Waals surface area contributed by atoms with E-state index in [1.165, 1.54) is 6.07 Å². The average molecular weight is 252 g/mol. The zero-order valence-electron chi connectivity index (χ0n) is 9.42. The van der Waals surface area contributed by atoms with Gasteiger partial charge in [-0.15, -0.1) is 0 Å². The smallest absolute Gasteiger partial charge is 0.237 e. The lowest BCUT2D eigenvalue weighted by Gasteiger charge is -2.14. The lowest BCUT2D eigenvalue weighted by molar-refractivity contribution is -0.118. The summed E-state index contributed by atoms with van der Waals surface area (Å²) in [7, 11) is 0. The van der Waals surface area contributed by atoms with E-state index in [0.29, 0.717) is 12.8 Å². The second-order valence-corrected chi connectivity index (χ2v) is 4.82. The van der Waals surface area contributed by atoms with Crippen molar-refractivity contribution in [3.63, 3.8) is 0 Å². The summed E-state index contributed by atoms with van der Waals surface area (Å²) < 4.78 is 13.5. The highest BCUT2D eigenvalue weighted by atomic mass is 32.1. The number of thiocarbonyl (C=S) groups is 1.